The van der Waals surface area contributed by atoms with Gasteiger partial charge in [0, 0.05) is 5.92 Å². The van der Waals surface area contributed by atoms with E-state index in [1.165, 1.54) is 57.3 Å². The second-order valence-corrected chi connectivity index (χ2v) is 8.92. The van der Waals surface area contributed by atoms with E-state index in [0.29, 0.717) is 11.8 Å². The Labute approximate surface area is 163 Å². The molecule has 2 heterocycles. The molecular weight excluding hydrogens is 336 g/mol. The first kappa shape index (κ1) is 18.8. The molecule has 1 aliphatic carbocycles. The van der Waals surface area contributed by atoms with E-state index < -0.39 is 6.09 Å². The molecule has 1 aromatic rings. The quantitative estimate of drug-likeness (QED) is 0.746. The molecule has 1 amide bonds. The van der Waals surface area contributed by atoms with E-state index in [2.05, 4.69) is 24.0 Å². The van der Waals surface area contributed by atoms with Crippen LogP contribution in [0.25, 0.3) is 0 Å². The summed E-state index contributed by atoms with van der Waals surface area (Å²) in [5, 5.41) is 10.2. The third-order valence-electron chi connectivity index (χ3n) is 7.37. The number of benzene rings is 1. The molecule has 4 nitrogen and oxygen atoms in total. The number of hydrogen-bond donors (Lipinski definition) is 1. The lowest BCUT2D eigenvalue weighted by molar-refractivity contribution is 0.129. The lowest BCUT2D eigenvalue weighted by atomic mass is 9.66. The highest BCUT2D eigenvalue weighted by atomic mass is 16.4. The number of unbranched alkanes of at least 4 members (excludes halogenated alkanes) is 1. The number of rotatable bonds is 5. The van der Waals surface area contributed by atoms with E-state index in [-0.39, 0.29) is 5.54 Å². The number of carboxylic acid groups (broad SMARTS) is 1. The van der Waals surface area contributed by atoms with Crippen molar-refractivity contribution in [3.8, 4) is 0 Å². The Balaban J connectivity index is 1.55. The van der Waals surface area contributed by atoms with E-state index in [4.69, 9.17) is 0 Å². The van der Waals surface area contributed by atoms with Crippen LogP contribution < -0.4 is 4.90 Å². The van der Waals surface area contributed by atoms with Crippen molar-refractivity contribution in [1.29, 1.82) is 0 Å². The fourth-order valence-corrected chi connectivity index (χ4v) is 6.09. The molecule has 1 saturated carbocycles. The van der Waals surface area contributed by atoms with Crippen LogP contribution in [0, 0.1) is 5.92 Å². The molecule has 1 aromatic carbocycles. The van der Waals surface area contributed by atoms with Gasteiger partial charge >= 0.3 is 6.09 Å². The van der Waals surface area contributed by atoms with Gasteiger partial charge in [0.2, 0.25) is 0 Å². The summed E-state index contributed by atoms with van der Waals surface area (Å²) in [5.41, 5.74) is 2.03. The van der Waals surface area contributed by atoms with Crippen LogP contribution >= 0.6 is 0 Å². The van der Waals surface area contributed by atoms with Crippen molar-refractivity contribution >= 4 is 11.8 Å². The van der Waals surface area contributed by atoms with Crippen molar-refractivity contribution in [2.75, 3.05) is 24.5 Å². The molecule has 1 N–H and O–H groups in total. The predicted molar refractivity (Wildman–Crippen MR) is 110 cm³/mol. The van der Waals surface area contributed by atoms with Gasteiger partial charge in [-0.3, -0.25) is 4.90 Å². The van der Waals surface area contributed by atoms with Gasteiger partial charge in [-0.05, 0) is 75.7 Å². The van der Waals surface area contributed by atoms with Crippen LogP contribution in [-0.2, 0) is 0 Å². The van der Waals surface area contributed by atoms with Gasteiger partial charge in [0.15, 0.2) is 0 Å². The standard InChI is InChI=1S/C23H34N2O2/c1-2-3-14-24-15-11-18(12-16-24)17-23-13-7-6-9-20(23)19-8-4-5-10-21(19)25(23)22(26)27/h4-5,8,10,18,20H,2-3,6-7,9,11-17H2,1H3,(H,26,27). The molecule has 2 unspecified atom stereocenters. The number of hydrogen-bond acceptors (Lipinski definition) is 2. The number of para-hydroxylation sites is 1. The maximum Gasteiger partial charge on any atom is 0.412 e. The molecule has 27 heavy (non-hydrogen) atoms. The normalized spacial score (nSPS) is 28.8. The van der Waals surface area contributed by atoms with Crippen molar-refractivity contribution in [2.45, 2.75) is 76.2 Å². The SMILES string of the molecule is CCCCN1CCC(CC23CCCCC2c2ccccc2N3C(=O)O)CC1. The number of piperidine rings is 1. The van der Waals surface area contributed by atoms with Gasteiger partial charge in [0.25, 0.3) is 0 Å². The van der Waals surface area contributed by atoms with Gasteiger partial charge in [-0.15, -0.1) is 0 Å². The van der Waals surface area contributed by atoms with E-state index in [9.17, 15) is 9.90 Å². The predicted octanol–water partition coefficient (Wildman–Crippen LogP) is 5.48. The minimum absolute atomic E-state index is 0.204. The Kier molecular flexibility index (Phi) is 5.45. The number of likely N-dealkylation sites (tertiary alicyclic amines) is 1. The summed E-state index contributed by atoms with van der Waals surface area (Å²) in [6.07, 6.45) is 9.82. The molecule has 2 aliphatic heterocycles. The van der Waals surface area contributed by atoms with E-state index in [1.807, 2.05) is 12.1 Å². The number of nitrogens with zero attached hydrogens (tertiary/aromatic N) is 2. The highest BCUT2D eigenvalue weighted by molar-refractivity contribution is 5.92. The Hall–Kier alpha value is -1.55. The monoisotopic (exact) mass is 370 g/mol. The molecule has 148 valence electrons. The Morgan fingerprint density at radius 3 is 2.70 bits per heavy atom. The summed E-state index contributed by atoms with van der Waals surface area (Å²) >= 11 is 0. The maximum absolute atomic E-state index is 12.4. The minimum Gasteiger partial charge on any atom is -0.465 e. The van der Waals surface area contributed by atoms with Crippen molar-refractivity contribution in [3.63, 3.8) is 0 Å². The topological polar surface area (TPSA) is 43.8 Å². The molecule has 0 aromatic heterocycles. The second kappa shape index (κ2) is 7.83. The smallest absolute Gasteiger partial charge is 0.412 e. The number of anilines is 1. The van der Waals surface area contributed by atoms with Crippen molar-refractivity contribution in [3.05, 3.63) is 29.8 Å². The third kappa shape index (κ3) is 3.37. The van der Waals surface area contributed by atoms with Gasteiger partial charge in [0.05, 0.1) is 11.2 Å². The molecule has 0 spiro atoms. The molecule has 2 atom stereocenters. The van der Waals surface area contributed by atoms with Crippen LogP contribution in [0.4, 0.5) is 10.5 Å². The summed E-state index contributed by atoms with van der Waals surface area (Å²) in [6.45, 7) is 5.86. The molecular formula is C23H34N2O2. The van der Waals surface area contributed by atoms with Crippen molar-refractivity contribution < 1.29 is 9.90 Å². The Morgan fingerprint density at radius 2 is 1.96 bits per heavy atom. The molecule has 3 aliphatic rings. The van der Waals surface area contributed by atoms with E-state index >= 15 is 0 Å². The summed E-state index contributed by atoms with van der Waals surface area (Å²) < 4.78 is 0. The third-order valence-corrected chi connectivity index (χ3v) is 7.37. The molecule has 4 heteroatoms. The Bertz CT molecular complexity index is 668. The van der Waals surface area contributed by atoms with Crippen LogP contribution in [0.3, 0.4) is 0 Å². The first-order valence-corrected chi connectivity index (χ1v) is 11.0. The van der Waals surface area contributed by atoms with Gasteiger partial charge < -0.3 is 10.0 Å². The summed E-state index contributed by atoms with van der Waals surface area (Å²) in [4.78, 5) is 16.7. The maximum atomic E-state index is 12.4. The van der Waals surface area contributed by atoms with Crippen LogP contribution in [0.5, 0.6) is 0 Å². The number of carbonyl (C=O) groups is 1. The van der Waals surface area contributed by atoms with E-state index in [0.717, 1.165) is 31.4 Å². The van der Waals surface area contributed by atoms with Crippen LogP contribution in [-0.4, -0.2) is 41.3 Å². The van der Waals surface area contributed by atoms with Crippen LogP contribution in [0.1, 0.15) is 76.2 Å². The van der Waals surface area contributed by atoms with Crippen LogP contribution in [0.2, 0.25) is 0 Å². The first-order chi connectivity index (χ1) is 13.2. The average molecular weight is 371 g/mol. The second-order valence-electron chi connectivity index (χ2n) is 8.92. The zero-order valence-electron chi connectivity index (χ0n) is 16.7. The molecule has 0 bridgehead atoms. The molecule has 1 saturated heterocycles. The summed E-state index contributed by atoms with van der Waals surface area (Å²) in [6, 6.07) is 8.27. The highest BCUT2D eigenvalue weighted by Gasteiger charge is 2.55. The van der Waals surface area contributed by atoms with Gasteiger partial charge in [-0.2, -0.15) is 0 Å². The fraction of sp³-hybridized carbons (Fsp3) is 0.696. The van der Waals surface area contributed by atoms with Crippen molar-refractivity contribution in [1.82, 2.24) is 4.90 Å². The number of fused-ring (bicyclic) bond motifs is 3. The fourth-order valence-electron chi connectivity index (χ4n) is 6.09. The molecule has 0 radical (unpaired) electrons. The Morgan fingerprint density at radius 1 is 1.19 bits per heavy atom. The summed E-state index contributed by atoms with van der Waals surface area (Å²) in [7, 11) is 0. The van der Waals surface area contributed by atoms with E-state index in [1.54, 1.807) is 4.90 Å². The molecule has 2 fully saturated rings. The van der Waals surface area contributed by atoms with Gasteiger partial charge in [-0.25, -0.2) is 4.79 Å². The van der Waals surface area contributed by atoms with Gasteiger partial charge in [-0.1, -0.05) is 44.4 Å². The zero-order chi connectivity index (χ0) is 18.9. The average Bonchev–Trinajstić information content (AvgIpc) is 2.97. The van der Waals surface area contributed by atoms with Crippen LogP contribution in [0.15, 0.2) is 24.3 Å². The number of amides is 1. The lowest BCUT2D eigenvalue weighted by Crippen LogP contribution is -2.54. The lowest BCUT2D eigenvalue weighted by Gasteiger charge is -2.47. The zero-order valence-corrected chi connectivity index (χ0v) is 16.7. The molecule has 4 rings (SSSR count). The minimum atomic E-state index is -0.757. The van der Waals surface area contributed by atoms with Crippen molar-refractivity contribution in [2.24, 2.45) is 5.92 Å². The first-order valence-electron chi connectivity index (χ1n) is 11.0. The highest BCUT2D eigenvalue weighted by Crippen LogP contribution is 2.57. The van der Waals surface area contributed by atoms with Gasteiger partial charge in [0.1, 0.15) is 0 Å². The largest absolute Gasteiger partial charge is 0.465 e. The summed E-state index contributed by atoms with van der Waals surface area (Å²) in [5.74, 6) is 1.04.